The molecule has 0 aliphatic heterocycles. The number of amides is 1. The predicted octanol–water partition coefficient (Wildman–Crippen LogP) is 0.805. The van der Waals surface area contributed by atoms with Crippen LogP contribution in [-0.2, 0) is 9.47 Å². The molecule has 0 aliphatic carbocycles. The van der Waals surface area contributed by atoms with Gasteiger partial charge in [-0.1, -0.05) is 18.2 Å². The van der Waals surface area contributed by atoms with Crippen LogP contribution in [-0.4, -0.2) is 36.7 Å². The maximum atomic E-state index is 12.2. The summed E-state index contributed by atoms with van der Waals surface area (Å²) in [6.45, 7) is 0. The first-order chi connectivity index (χ1) is 11.5. The Morgan fingerprint density at radius 3 is 1.88 bits per heavy atom. The van der Waals surface area contributed by atoms with Crippen molar-refractivity contribution in [3.05, 3.63) is 69.6 Å². The van der Waals surface area contributed by atoms with E-state index >= 15 is 0 Å². The lowest BCUT2D eigenvalue weighted by molar-refractivity contribution is 0.0593. The van der Waals surface area contributed by atoms with Crippen LogP contribution in [0.15, 0.2) is 47.5 Å². The number of nitrogens with zero attached hydrogens (tertiary/aromatic N) is 1. The van der Waals surface area contributed by atoms with Gasteiger partial charge in [0.05, 0.1) is 14.2 Å². The molecule has 0 saturated heterocycles. The van der Waals surface area contributed by atoms with E-state index in [2.05, 4.69) is 14.9 Å². The number of aromatic nitrogens is 1. The van der Waals surface area contributed by atoms with Crippen LogP contribution >= 0.6 is 0 Å². The summed E-state index contributed by atoms with van der Waals surface area (Å²) in [6.07, 6.45) is 2.14. The predicted molar refractivity (Wildman–Crippen MR) is 83.5 cm³/mol. The third kappa shape index (κ3) is 3.49. The standard InChI is InChI=1S/C16H14N2O6/c1-23-15(21)11-8-18(9-12(13(11)19)16(22)24-2)17-14(20)10-6-4-3-5-7-10/h3-9H,1-2H3,(H,17,20). The molecule has 8 heteroatoms. The van der Waals surface area contributed by atoms with Gasteiger partial charge in [-0.2, -0.15) is 0 Å². The van der Waals surface area contributed by atoms with Crippen molar-refractivity contribution in [1.29, 1.82) is 0 Å². The van der Waals surface area contributed by atoms with E-state index in [4.69, 9.17) is 0 Å². The molecular weight excluding hydrogens is 316 g/mol. The number of hydrogen-bond donors (Lipinski definition) is 1. The number of benzene rings is 1. The van der Waals surface area contributed by atoms with Crippen LogP contribution in [0.3, 0.4) is 0 Å². The fourth-order valence-electron chi connectivity index (χ4n) is 1.92. The number of nitrogens with one attached hydrogen (secondary N) is 1. The van der Waals surface area contributed by atoms with Crippen molar-refractivity contribution in [3.8, 4) is 0 Å². The van der Waals surface area contributed by atoms with Gasteiger partial charge in [-0.15, -0.1) is 0 Å². The zero-order valence-electron chi connectivity index (χ0n) is 12.9. The molecule has 1 N–H and O–H groups in total. The van der Waals surface area contributed by atoms with Gasteiger partial charge in [-0.25, -0.2) is 9.59 Å². The van der Waals surface area contributed by atoms with Gasteiger partial charge in [0.15, 0.2) is 0 Å². The van der Waals surface area contributed by atoms with Gasteiger partial charge in [0.1, 0.15) is 11.1 Å². The maximum absolute atomic E-state index is 12.2. The Morgan fingerprint density at radius 2 is 1.42 bits per heavy atom. The molecule has 1 aromatic heterocycles. The average Bonchev–Trinajstić information content (AvgIpc) is 2.62. The molecule has 0 radical (unpaired) electrons. The second kappa shape index (κ2) is 7.23. The van der Waals surface area contributed by atoms with E-state index < -0.39 is 34.4 Å². The molecule has 2 aromatic rings. The van der Waals surface area contributed by atoms with Crippen LogP contribution in [0.1, 0.15) is 31.1 Å². The highest BCUT2D eigenvalue weighted by Gasteiger charge is 2.21. The summed E-state index contributed by atoms with van der Waals surface area (Å²) in [5.41, 5.74) is 1.14. The number of ether oxygens (including phenoxy) is 2. The van der Waals surface area contributed by atoms with Crippen LogP contribution < -0.4 is 10.9 Å². The van der Waals surface area contributed by atoms with E-state index in [-0.39, 0.29) is 0 Å². The molecule has 0 atom stereocenters. The van der Waals surface area contributed by atoms with E-state index in [1.807, 2.05) is 0 Å². The number of methoxy groups -OCH3 is 2. The van der Waals surface area contributed by atoms with Gasteiger partial charge in [-0.05, 0) is 12.1 Å². The molecule has 1 heterocycles. The van der Waals surface area contributed by atoms with Crippen molar-refractivity contribution in [2.24, 2.45) is 0 Å². The van der Waals surface area contributed by atoms with Crippen LogP contribution in [0.25, 0.3) is 0 Å². The quantitative estimate of drug-likeness (QED) is 0.832. The highest BCUT2D eigenvalue weighted by atomic mass is 16.5. The minimum Gasteiger partial charge on any atom is -0.465 e. The summed E-state index contributed by atoms with van der Waals surface area (Å²) in [4.78, 5) is 47.7. The zero-order valence-corrected chi connectivity index (χ0v) is 12.9. The summed E-state index contributed by atoms with van der Waals surface area (Å²) in [5, 5.41) is 0. The Balaban J connectivity index is 2.46. The van der Waals surface area contributed by atoms with Gasteiger partial charge < -0.3 is 9.47 Å². The van der Waals surface area contributed by atoms with Crippen LogP contribution in [0.2, 0.25) is 0 Å². The molecule has 2 rings (SSSR count). The number of esters is 2. The maximum Gasteiger partial charge on any atom is 0.343 e. The normalized spacial score (nSPS) is 9.92. The zero-order chi connectivity index (χ0) is 17.7. The molecule has 1 aromatic carbocycles. The van der Waals surface area contributed by atoms with Crippen LogP contribution in [0.4, 0.5) is 0 Å². The summed E-state index contributed by atoms with van der Waals surface area (Å²) in [7, 11) is 2.19. The molecule has 8 nitrogen and oxygen atoms in total. The van der Waals surface area contributed by atoms with Gasteiger partial charge in [0.25, 0.3) is 5.91 Å². The van der Waals surface area contributed by atoms with Crippen molar-refractivity contribution in [3.63, 3.8) is 0 Å². The Morgan fingerprint density at radius 1 is 0.917 bits per heavy atom. The average molecular weight is 330 g/mol. The number of carbonyl (C=O) groups is 3. The number of hydrogen-bond acceptors (Lipinski definition) is 6. The Hall–Kier alpha value is -3.42. The van der Waals surface area contributed by atoms with Crippen LogP contribution in [0, 0.1) is 0 Å². The highest BCUT2D eigenvalue weighted by Crippen LogP contribution is 2.03. The minimum absolute atomic E-state index is 0.357. The van der Waals surface area contributed by atoms with E-state index in [1.165, 1.54) is 0 Å². The van der Waals surface area contributed by atoms with Gasteiger partial charge in [0, 0.05) is 18.0 Å². The minimum atomic E-state index is -0.937. The molecular formula is C16H14N2O6. The first-order valence-corrected chi connectivity index (χ1v) is 6.77. The SMILES string of the molecule is COC(=O)c1cn(NC(=O)c2ccccc2)cc(C(=O)OC)c1=O. The fourth-order valence-corrected chi connectivity index (χ4v) is 1.92. The van der Waals surface area contributed by atoms with Crippen molar-refractivity contribution in [1.82, 2.24) is 4.68 Å². The molecule has 0 aliphatic rings. The monoisotopic (exact) mass is 330 g/mol. The second-order valence-corrected chi connectivity index (χ2v) is 4.61. The van der Waals surface area contributed by atoms with Crippen molar-refractivity contribution < 1.29 is 23.9 Å². The smallest absolute Gasteiger partial charge is 0.343 e. The summed E-state index contributed by atoms with van der Waals surface area (Å²) in [5.74, 6) is -2.37. The van der Waals surface area contributed by atoms with Gasteiger partial charge in [0.2, 0.25) is 5.43 Å². The lowest BCUT2D eigenvalue weighted by Gasteiger charge is -2.12. The molecule has 0 unspecified atom stereocenters. The van der Waals surface area contributed by atoms with Gasteiger partial charge in [-0.3, -0.25) is 19.7 Å². The number of pyridine rings is 1. The summed E-state index contributed by atoms with van der Waals surface area (Å²) in [6, 6.07) is 8.28. The van der Waals surface area contributed by atoms with E-state index in [9.17, 15) is 19.2 Å². The van der Waals surface area contributed by atoms with Crippen molar-refractivity contribution in [2.45, 2.75) is 0 Å². The molecule has 0 fully saturated rings. The first-order valence-electron chi connectivity index (χ1n) is 6.77. The molecule has 1 amide bonds. The molecule has 0 spiro atoms. The second-order valence-electron chi connectivity index (χ2n) is 4.61. The van der Waals surface area contributed by atoms with Gasteiger partial charge >= 0.3 is 11.9 Å². The molecule has 0 saturated carbocycles. The lowest BCUT2D eigenvalue weighted by Crippen LogP contribution is -2.30. The Labute approximate surface area is 136 Å². The molecule has 0 bridgehead atoms. The molecule has 24 heavy (non-hydrogen) atoms. The van der Waals surface area contributed by atoms with Crippen molar-refractivity contribution in [2.75, 3.05) is 19.6 Å². The summed E-state index contributed by atoms with van der Waals surface area (Å²) < 4.78 is 10.1. The molecule has 124 valence electrons. The first kappa shape index (κ1) is 16.9. The number of rotatable bonds is 4. The van der Waals surface area contributed by atoms with Crippen LogP contribution in [0.5, 0.6) is 0 Å². The van der Waals surface area contributed by atoms with E-state index in [0.29, 0.717) is 5.56 Å². The third-order valence-corrected chi connectivity index (χ3v) is 3.10. The lowest BCUT2D eigenvalue weighted by atomic mass is 10.2. The van der Waals surface area contributed by atoms with Crippen molar-refractivity contribution >= 4 is 17.8 Å². The highest BCUT2D eigenvalue weighted by molar-refractivity contribution is 6.00. The third-order valence-electron chi connectivity index (χ3n) is 3.10. The summed E-state index contributed by atoms with van der Waals surface area (Å²) >= 11 is 0. The topological polar surface area (TPSA) is 104 Å². The van der Waals surface area contributed by atoms with E-state index in [0.717, 1.165) is 31.3 Å². The fraction of sp³-hybridized carbons (Fsp3) is 0.125. The number of carbonyl (C=O) groups excluding carboxylic acids is 3. The Bertz CT molecular complexity index is 801. The largest absolute Gasteiger partial charge is 0.465 e. The Kier molecular flexibility index (Phi) is 5.10. The van der Waals surface area contributed by atoms with E-state index in [1.54, 1.807) is 30.3 Å².